The van der Waals surface area contributed by atoms with Crippen LogP contribution in [0.1, 0.15) is 36.4 Å². The van der Waals surface area contributed by atoms with Crippen molar-refractivity contribution in [2.75, 3.05) is 6.54 Å². The van der Waals surface area contributed by atoms with E-state index in [0.717, 1.165) is 37.4 Å². The number of nitrogens with two attached hydrogens (primary N) is 1. The average molecular weight is 230 g/mol. The van der Waals surface area contributed by atoms with Crippen molar-refractivity contribution in [3.8, 4) is 0 Å². The molecule has 1 aliphatic heterocycles. The molecule has 0 bridgehead atoms. The highest BCUT2D eigenvalue weighted by atomic mass is 19.4. The summed E-state index contributed by atoms with van der Waals surface area (Å²) in [4.78, 5) is 0. The van der Waals surface area contributed by atoms with Crippen molar-refractivity contribution < 1.29 is 18.5 Å². The highest BCUT2D eigenvalue weighted by molar-refractivity contribution is 5.27. The van der Waals surface area contributed by atoms with Gasteiger partial charge < -0.3 is 5.32 Å². The molecule has 88 valence electrons. The molecule has 0 unspecified atom stereocenters. The van der Waals surface area contributed by atoms with Gasteiger partial charge in [-0.05, 0) is 25.0 Å². The molecule has 16 heavy (non-hydrogen) atoms. The lowest BCUT2D eigenvalue weighted by atomic mass is 9.96. The number of quaternary nitrogens is 1. The van der Waals surface area contributed by atoms with Gasteiger partial charge in [0.25, 0.3) is 0 Å². The Bertz CT molecular complexity index is 354. The number of hydrogen-bond donors (Lipinski definition) is 1. The van der Waals surface area contributed by atoms with Crippen molar-refractivity contribution in [2.45, 2.75) is 31.5 Å². The monoisotopic (exact) mass is 230 g/mol. The molecule has 0 amide bonds. The molecule has 0 aliphatic carbocycles. The molecule has 1 aliphatic rings. The van der Waals surface area contributed by atoms with E-state index in [2.05, 4.69) is 5.32 Å². The van der Waals surface area contributed by atoms with Crippen LogP contribution in [0, 0.1) is 0 Å². The van der Waals surface area contributed by atoms with Crippen molar-refractivity contribution >= 4 is 0 Å². The topological polar surface area (TPSA) is 16.6 Å². The van der Waals surface area contributed by atoms with Gasteiger partial charge >= 0.3 is 6.18 Å². The number of alkyl halides is 3. The normalized spacial score (nSPS) is 22.1. The molecule has 1 aromatic carbocycles. The van der Waals surface area contributed by atoms with Crippen molar-refractivity contribution in [3.05, 3.63) is 35.4 Å². The van der Waals surface area contributed by atoms with E-state index < -0.39 is 11.7 Å². The summed E-state index contributed by atoms with van der Waals surface area (Å²) in [7, 11) is 0. The summed E-state index contributed by atoms with van der Waals surface area (Å²) in [5.41, 5.74) is 0.262. The molecule has 1 aromatic rings. The number of piperidine rings is 1. The van der Waals surface area contributed by atoms with Gasteiger partial charge in [-0.2, -0.15) is 13.2 Å². The Morgan fingerprint density at radius 1 is 1.19 bits per heavy atom. The number of halogens is 3. The van der Waals surface area contributed by atoms with Crippen molar-refractivity contribution in [1.82, 2.24) is 0 Å². The second kappa shape index (κ2) is 4.45. The molecular weight excluding hydrogens is 215 g/mol. The van der Waals surface area contributed by atoms with E-state index in [1.807, 2.05) is 0 Å². The first-order chi connectivity index (χ1) is 7.57. The molecule has 0 spiro atoms. The molecule has 0 aromatic heterocycles. The summed E-state index contributed by atoms with van der Waals surface area (Å²) in [6.45, 7) is 1.01. The molecular formula is C12H15F3N+. The molecule has 1 heterocycles. The largest absolute Gasteiger partial charge is 0.416 e. The first-order valence-electron chi connectivity index (χ1n) is 5.58. The van der Waals surface area contributed by atoms with Crippen LogP contribution in [0.2, 0.25) is 0 Å². The highest BCUT2D eigenvalue weighted by Crippen LogP contribution is 2.31. The molecule has 4 heteroatoms. The molecule has 1 saturated heterocycles. The first kappa shape index (κ1) is 11.5. The SMILES string of the molecule is FC(F)(F)c1cccc([C@H]2CCCC[NH2+]2)c1. The Labute approximate surface area is 92.7 Å². The Hall–Kier alpha value is -1.03. The van der Waals surface area contributed by atoms with E-state index in [1.54, 1.807) is 6.07 Å². The van der Waals surface area contributed by atoms with Gasteiger partial charge in [0.15, 0.2) is 0 Å². The van der Waals surface area contributed by atoms with E-state index >= 15 is 0 Å². The molecule has 1 atom stereocenters. The summed E-state index contributed by atoms with van der Waals surface area (Å²) in [6, 6.07) is 5.91. The fourth-order valence-electron chi connectivity index (χ4n) is 2.19. The quantitative estimate of drug-likeness (QED) is 0.763. The fourth-order valence-corrected chi connectivity index (χ4v) is 2.19. The van der Waals surface area contributed by atoms with Crippen molar-refractivity contribution in [1.29, 1.82) is 0 Å². The maximum absolute atomic E-state index is 12.5. The lowest BCUT2D eigenvalue weighted by Crippen LogP contribution is -2.86. The van der Waals surface area contributed by atoms with Gasteiger partial charge in [0.2, 0.25) is 0 Å². The van der Waals surface area contributed by atoms with E-state index in [0.29, 0.717) is 0 Å². The van der Waals surface area contributed by atoms with Crippen molar-refractivity contribution in [2.24, 2.45) is 0 Å². The predicted octanol–water partition coefficient (Wildman–Crippen LogP) is 2.49. The van der Waals surface area contributed by atoms with Crippen LogP contribution in [-0.4, -0.2) is 6.54 Å². The van der Waals surface area contributed by atoms with Crippen LogP contribution >= 0.6 is 0 Å². The van der Waals surface area contributed by atoms with E-state index in [9.17, 15) is 13.2 Å². The fraction of sp³-hybridized carbons (Fsp3) is 0.500. The van der Waals surface area contributed by atoms with Crippen LogP contribution < -0.4 is 5.32 Å². The van der Waals surface area contributed by atoms with Crippen LogP contribution in [0.5, 0.6) is 0 Å². The predicted molar refractivity (Wildman–Crippen MR) is 54.8 cm³/mol. The minimum absolute atomic E-state index is 0.205. The summed E-state index contributed by atoms with van der Waals surface area (Å²) < 4.78 is 37.6. The van der Waals surface area contributed by atoms with E-state index in [4.69, 9.17) is 0 Å². The maximum Gasteiger partial charge on any atom is 0.416 e. The third-order valence-corrected chi connectivity index (χ3v) is 3.06. The molecule has 2 N–H and O–H groups in total. The Morgan fingerprint density at radius 3 is 2.62 bits per heavy atom. The number of hydrogen-bond acceptors (Lipinski definition) is 0. The summed E-state index contributed by atoms with van der Waals surface area (Å²) in [5, 5.41) is 2.14. The standard InChI is InChI=1S/C12H14F3N/c13-12(14,15)10-5-3-4-9(8-10)11-6-1-2-7-16-11/h3-5,8,11,16H,1-2,6-7H2/p+1/t11-/m1/s1. The van der Waals surface area contributed by atoms with Gasteiger partial charge in [-0.1, -0.05) is 12.1 Å². The lowest BCUT2D eigenvalue weighted by molar-refractivity contribution is -0.704. The third kappa shape index (κ3) is 2.55. The van der Waals surface area contributed by atoms with Gasteiger partial charge in [-0.25, -0.2) is 0 Å². The van der Waals surface area contributed by atoms with Gasteiger partial charge in [0.05, 0.1) is 12.1 Å². The maximum atomic E-state index is 12.5. The van der Waals surface area contributed by atoms with Gasteiger partial charge in [-0.3, -0.25) is 0 Å². The van der Waals surface area contributed by atoms with Gasteiger partial charge in [0.1, 0.15) is 6.04 Å². The van der Waals surface area contributed by atoms with Crippen LogP contribution in [0.4, 0.5) is 13.2 Å². The summed E-state index contributed by atoms with van der Waals surface area (Å²) in [6.07, 6.45) is -0.987. The summed E-state index contributed by atoms with van der Waals surface area (Å²) in [5.74, 6) is 0. The van der Waals surface area contributed by atoms with Crippen molar-refractivity contribution in [3.63, 3.8) is 0 Å². The van der Waals surface area contributed by atoms with E-state index in [-0.39, 0.29) is 6.04 Å². The van der Waals surface area contributed by atoms with Crippen LogP contribution in [0.3, 0.4) is 0 Å². The zero-order valence-corrected chi connectivity index (χ0v) is 8.93. The van der Waals surface area contributed by atoms with Crippen LogP contribution in [-0.2, 0) is 6.18 Å². The highest BCUT2D eigenvalue weighted by Gasteiger charge is 2.31. The van der Waals surface area contributed by atoms with Crippen LogP contribution in [0.15, 0.2) is 24.3 Å². The van der Waals surface area contributed by atoms with Gasteiger partial charge in [0, 0.05) is 12.0 Å². The molecule has 1 nitrogen and oxygen atoms in total. The number of rotatable bonds is 1. The smallest absolute Gasteiger partial charge is 0.340 e. The zero-order chi connectivity index (χ0) is 11.6. The Morgan fingerprint density at radius 2 is 2.00 bits per heavy atom. The first-order valence-corrected chi connectivity index (χ1v) is 5.58. The summed E-state index contributed by atoms with van der Waals surface area (Å²) >= 11 is 0. The third-order valence-electron chi connectivity index (χ3n) is 3.06. The average Bonchev–Trinajstić information content (AvgIpc) is 2.29. The molecule has 0 radical (unpaired) electrons. The Balaban J connectivity index is 2.21. The van der Waals surface area contributed by atoms with E-state index in [1.165, 1.54) is 12.1 Å². The lowest BCUT2D eigenvalue weighted by Gasteiger charge is -2.21. The molecule has 1 fully saturated rings. The molecule has 0 saturated carbocycles. The zero-order valence-electron chi connectivity index (χ0n) is 8.93. The second-order valence-corrected chi connectivity index (χ2v) is 4.25. The van der Waals surface area contributed by atoms with Gasteiger partial charge in [-0.15, -0.1) is 0 Å². The minimum Gasteiger partial charge on any atom is -0.340 e. The second-order valence-electron chi connectivity index (χ2n) is 4.25. The minimum atomic E-state index is -4.23. The Kier molecular flexibility index (Phi) is 3.19. The number of benzene rings is 1. The molecule has 2 rings (SSSR count). The van der Waals surface area contributed by atoms with Crippen LogP contribution in [0.25, 0.3) is 0 Å².